The van der Waals surface area contributed by atoms with Gasteiger partial charge in [0.25, 0.3) is 0 Å². The van der Waals surface area contributed by atoms with E-state index in [-0.39, 0.29) is 5.56 Å². The molecule has 6 nitrogen and oxygen atoms in total. The summed E-state index contributed by atoms with van der Waals surface area (Å²) >= 11 is 0. The average molecular weight is 241 g/mol. The maximum absolute atomic E-state index is 11.3. The van der Waals surface area contributed by atoms with Gasteiger partial charge >= 0.3 is 0 Å². The van der Waals surface area contributed by atoms with Crippen molar-refractivity contribution in [3.8, 4) is 5.82 Å². The highest BCUT2D eigenvalue weighted by Gasteiger charge is 2.10. The third-order valence-corrected chi connectivity index (χ3v) is 2.70. The molecule has 0 saturated carbocycles. The normalized spacial score (nSPS) is 11.0. The molecule has 0 unspecified atom stereocenters. The quantitative estimate of drug-likeness (QED) is 0.692. The lowest BCUT2D eigenvalue weighted by Crippen LogP contribution is -2.07. The predicted octanol–water partition coefficient (Wildman–Crippen LogP) is 1.12. The van der Waals surface area contributed by atoms with Gasteiger partial charge in [0.1, 0.15) is 11.6 Å². The number of aryl methyl sites for hydroxylation is 2. The molecule has 6 heteroatoms. The molecule has 0 amide bonds. The first-order chi connectivity index (χ1) is 8.65. The Morgan fingerprint density at radius 3 is 2.78 bits per heavy atom. The Balaban J connectivity index is 2.36. The summed E-state index contributed by atoms with van der Waals surface area (Å²) < 4.78 is 1.68. The zero-order valence-corrected chi connectivity index (χ0v) is 10.0. The Hall–Kier alpha value is -2.50. The Morgan fingerprint density at radius 1 is 1.22 bits per heavy atom. The minimum Gasteiger partial charge on any atom is -0.322 e. The van der Waals surface area contributed by atoms with Crippen LogP contribution in [-0.2, 0) is 0 Å². The molecule has 3 rings (SSSR count). The van der Waals surface area contributed by atoms with Gasteiger partial charge in [-0.3, -0.25) is 4.79 Å². The second kappa shape index (κ2) is 3.76. The van der Waals surface area contributed by atoms with Crippen LogP contribution in [0.15, 0.2) is 29.2 Å². The second-order valence-corrected chi connectivity index (χ2v) is 4.04. The van der Waals surface area contributed by atoms with E-state index in [0.717, 1.165) is 16.7 Å². The maximum Gasteiger partial charge on any atom is 0.248 e. The van der Waals surface area contributed by atoms with Gasteiger partial charge in [0.15, 0.2) is 5.82 Å². The van der Waals surface area contributed by atoms with Crippen molar-refractivity contribution < 1.29 is 0 Å². The molecule has 3 aromatic heterocycles. The Bertz CT molecular complexity index is 787. The molecule has 90 valence electrons. The van der Waals surface area contributed by atoms with Crippen LogP contribution in [0.3, 0.4) is 0 Å². The zero-order valence-electron chi connectivity index (χ0n) is 10.0. The van der Waals surface area contributed by atoms with Crippen molar-refractivity contribution in [1.82, 2.24) is 24.7 Å². The number of H-pyrrole nitrogens is 1. The van der Waals surface area contributed by atoms with E-state index in [2.05, 4.69) is 20.1 Å². The van der Waals surface area contributed by atoms with Crippen LogP contribution in [-0.4, -0.2) is 24.7 Å². The van der Waals surface area contributed by atoms with E-state index in [9.17, 15) is 4.79 Å². The van der Waals surface area contributed by atoms with Gasteiger partial charge in [-0.2, -0.15) is 4.68 Å². The average Bonchev–Trinajstić information content (AvgIpc) is 2.67. The maximum atomic E-state index is 11.3. The number of hydrogen-bond donors (Lipinski definition) is 1. The molecule has 0 atom stereocenters. The molecule has 3 heterocycles. The summed E-state index contributed by atoms with van der Waals surface area (Å²) in [6.45, 7) is 3.70. The molecule has 1 N–H and O–H groups in total. The summed E-state index contributed by atoms with van der Waals surface area (Å²) in [6.07, 6.45) is 1.64. The fraction of sp³-hybridized carbons (Fsp3) is 0.167. The first kappa shape index (κ1) is 10.6. The number of pyridine rings is 2. The van der Waals surface area contributed by atoms with Gasteiger partial charge in [-0.15, -0.1) is 5.10 Å². The number of aromatic nitrogens is 5. The summed E-state index contributed by atoms with van der Waals surface area (Å²) in [5.74, 6) is 2.12. The molecule has 3 aromatic rings. The zero-order chi connectivity index (χ0) is 12.7. The van der Waals surface area contributed by atoms with E-state index in [0.29, 0.717) is 11.6 Å². The largest absolute Gasteiger partial charge is 0.322 e. The first-order valence-electron chi connectivity index (χ1n) is 5.54. The molecule has 0 bridgehead atoms. The van der Waals surface area contributed by atoms with E-state index < -0.39 is 0 Å². The molecule has 0 radical (unpaired) electrons. The van der Waals surface area contributed by atoms with Crippen LogP contribution >= 0.6 is 0 Å². The smallest absolute Gasteiger partial charge is 0.248 e. The van der Waals surface area contributed by atoms with E-state index in [1.807, 2.05) is 13.8 Å². The van der Waals surface area contributed by atoms with Crippen molar-refractivity contribution in [1.29, 1.82) is 0 Å². The Labute approximate surface area is 102 Å². The van der Waals surface area contributed by atoms with Gasteiger partial charge < -0.3 is 4.98 Å². The Kier molecular flexibility index (Phi) is 2.22. The van der Waals surface area contributed by atoms with Gasteiger partial charge in [-0.25, -0.2) is 9.97 Å². The molecular formula is C12H11N5O. The van der Waals surface area contributed by atoms with Crippen molar-refractivity contribution in [3.05, 3.63) is 46.4 Å². The highest BCUT2D eigenvalue weighted by atomic mass is 16.1. The number of rotatable bonds is 1. The molecule has 0 aromatic carbocycles. The van der Waals surface area contributed by atoms with E-state index >= 15 is 0 Å². The van der Waals surface area contributed by atoms with Gasteiger partial charge in [0.2, 0.25) is 5.56 Å². The number of nitrogens with zero attached hydrogens (tertiary/aromatic N) is 4. The minimum atomic E-state index is -0.133. The fourth-order valence-electron chi connectivity index (χ4n) is 1.96. The third kappa shape index (κ3) is 1.58. The summed E-state index contributed by atoms with van der Waals surface area (Å²) in [7, 11) is 0. The topological polar surface area (TPSA) is 76.5 Å². The fourth-order valence-corrected chi connectivity index (χ4v) is 1.96. The lowest BCUT2D eigenvalue weighted by atomic mass is 10.2. The van der Waals surface area contributed by atoms with Crippen molar-refractivity contribution in [2.45, 2.75) is 13.8 Å². The second-order valence-electron chi connectivity index (χ2n) is 4.04. The standard InChI is InChI=1S/C12H11N5O/c1-7-14-8(2)17(16-7)12-9-3-4-11(18)15-10(9)5-6-13-12/h3-6H,1-2H3,(H,15,18). The monoisotopic (exact) mass is 241 g/mol. The number of fused-ring (bicyclic) bond motifs is 1. The number of hydrogen-bond acceptors (Lipinski definition) is 4. The Morgan fingerprint density at radius 2 is 2.06 bits per heavy atom. The van der Waals surface area contributed by atoms with Crippen molar-refractivity contribution in [2.75, 3.05) is 0 Å². The minimum absolute atomic E-state index is 0.133. The van der Waals surface area contributed by atoms with Crippen molar-refractivity contribution >= 4 is 10.9 Å². The highest BCUT2D eigenvalue weighted by Crippen LogP contribution is 2.17. The van der Waals surface area contributed by atoms with Crippen LogP contribution in [0.1, 0.15) is 11.6 Å². The van der Waals surface area contributed by atoms with Crippen LogP contribution < -0.4 is 5.56 Å². The molecule has 0 saturated heterocycles. The molecule has 18 heavy (non-hydrogen) atoms. The van der Waals surface area contributed by atoms with Crippen LogP contribution in [0, 0.1) is 13.8 Å². The number of aromatic amines is 1. The number of nitrogens with one attached hydrogen (secondary N) is 1. The molecule has 0 aliphatic heterocycles. The van der Waals surface area contributed by atoms with E-state index in [1.165, 1.54) is 6.07 Å². The summed E-state index contributed by atoms with van der Waals surface area (Å²) in [5, 5.41) is 5.14. The summed E-state index contributed by atoms with van der Waals surface area (Å²) in [6, 6.07) is 4.99. The van der Waals surface area contributed by atoms with Gasteiger partial charge in [0.05, 0.1) is 5.52 Å². The molecule has 0 aliphatic carbocycles. The van der Waals surface area contributed by atoms with Crippen LogP contribution in [0.5, 0.6) is 0 Å². The van der Waals surface area contributed by atoms with Crippen LogP contribution in [0.4, 0.5) is 0 Å². The molecular weight excluding hydrogens is 230 g/mol. The molecule has 0 spiro atoms. The van der Waals surface area contributed by atoms with E-state index in [1.54, 1.807) is 23.0 Å². The lowest BCUT2D eigenvalue weighted by Gasteiger charge is -2.05. The van der Waals surface area contributed by atoms with Crippen LogP contribution in [0.25, 0.3) is 16.7 Å². The van der Waals surface area contributed by atoms with Crippen LogP contribution in [0.2, 0.25) is 0 Å². The summed E-state index contributed by atoms with van der Waals surface area (Å²) in [4.78, 5) is 22.6. The van der Waals surface area contributed by atoms with Crippen molar-refractivity contribution in [3.63, 3.8) is 0 Å². The SMILES string of the molecule is Cc1nc(C)n(-c2nccc3[nH]c(=O)ccc23)n1. The van der Waals surface area contributed by atoms with Gasteiger partial charge in [-0.05, 0) is 26.0 Å². The summed E-state index contributed by atoms with van der Waals surface area (Å²) in [5.41, 5.74) is 0.603. The predicted molar refractivity (Wildman–Crippen MR) is 66.8 cm³/mol. The van der Waals surface area contributed by atoms with E-state index in [4.69, 9.17) is 0 Å². The lowest BCUT2D eigenvalue weighted by molar-refractivity contribution is 0.811. The van der Waals surface area contributed by atoms with Gasteiger partial charge in [-0.1, -0.05) is 0 Å². The molecule has 0 fully saturated rings. The molecule has 0 aliphatic rings. The van der Waals surface area contributed by atoms with Gasteiger partial charge in [0, 0.05) is 17.6 Å². The van der Waals surface area contributed by atoms with Crippen molar-refractivity contribution in [2.24, 2.45) is 0 Å². The third-order valence-electron chi connectivity index (χ3n) is 2.70. The highest BCUT2D eigenvalue weighted by molar-refractivity contribution is 5.84. The first-order valence-corrected chi connectivity index (χ1v) is 5.54.